The van der Waals surface area contributed by atoms with Gasteiger partial charge in [0.1, 0.15) is 0 Å². The van der Waals surface area contributed by atoms with Gasteiger partial charge in [0, 0.05) is 18.8 Å². The molecule has 0 bridgehead atoms. The van der Waals surface area contributed by atoms with E-state index >= 15 is 0 Å². The fraction of sp³-hybridized carbons (Fsp3) is 0.417. The van der Waals surface area contributed by atoms with Crippen molar-refractivity contribution in [1.82, 2.24) is 0 Å². The highest BCUT2D eigenvalue weighted by atomic mass is 16.1. The highest BCUT2D eigenvalue weighted by Gasteiger charge is 2.17. The Balaban J connectivity index is 2.24. The number of aliphatic imine (C=N–C) groups is 1. The Bertz CT molecular complexity index is 408. The van der Waals surface area contributed by atoms with E-state index in [1.807, 2.05) is 6.07 Å². The molecule has 0 radical (unpaired) electrons. The van der Waals surface area contributed by atoms with Gasteiger partial charge in [0.2, 0.25) is 6.08 Å². The molecule has 0 spiro atoms. The van der Waals surface area contributed by atoms with Crippen LogP contribution in [-0.2, 0) is 17.8 Å². The van der Waals surface area contributed by atoms with Crippen LogP contribution < -0.4 is 4.90 Å². The van der Waals surface area contributed by atoms with Gasteiger partial charge >= 0.3 is 0 Å². The summed E-state index contributed by atoms with van der Waals surface area (Å²) in [6.07, 6.45) is 2.67. The summed E-state index contributed by atoms with van der Waals surface area (Å²) in [7, 11) is 0. The van der Waals surface area contributed by atoms with Crippen LogP contribution >= 0.6 is 0 Å². The van der Waals surface area contributed by atoms with E-state index in [-0.39, 0.29) is 0 Å². The van der Waals surface area contributed by atoms with Crippen LogP contribution in [0, 0.1) is 0 Å². The van der Waals surface area contributed by atoms with Crippen LogP contribution in [0.3, 0.4) is 0 Å². The Labute approximate surface area is 89.4 Å². The van der Waals surface area contributed by atoms with Crippen LogP contribution in [0.1, 0.15) is 18.1 Å². The average Bonchev–Trinajstić information content (AvgIpc) is 2.68. The summed E-state index contributed by atoms with van der Waals surface area (Å²) in [4.78, 5) is 16.0. The van der Waals surface area contributed by atoms with Crippen molar-refractivity contribution >= 4 is 11.8 Å². The van der Waals surface area contributed by atoms with Crippen LogP contribution in [0.2, 0.25) is 0 Å². The quantitative estimate of drug-likeness (QED) is 0.554. The van der Waals surface area contributed by atoms with Crippen LogP contribution in [0.15, 0.2) is 23.2 Å². The molecule has 0 unspecified atom stereocenters. The van der Waals surface area contributed by atoms with Crippen LogP contribution in [0.25, 0.3) is 0 Å². The normalized spacial score (nSPS) is 13.5. The Morgan fingerprint density at radius 1 is 1.53 bits per heavy atom. The van der Waals surface area contributed by atoms with E-state index < -0.39 is 0 Å². The predicted molar refractivity (Wildman–Crippen MR) is 59.9 cm³/mol. The number of anilines is 1. The zero-order chi connectivity index (χ0) is 10.7. The summed E-state index contributed by atoms with van der Waals surface area (Å²) in [5.41, 5.74) is 3.79. The maximum atomic E-state index is 10.0. The first-order valence-electron chi connectivity index (χ1n) is 5.25. The third-order valence-electron chi connectivity index (χ3n) is 2.84. The molecule has 0 saturated heterocycles. The second kappa shape index (κ2) is 4.28. The number of rotatable bonds is 3. The largest absolute Gasteiger partial charge is 0.371 e. The summed E-state index contributed by atoms with van der Waals surface area (Å²) < 4.78 is 0. The molecule has 0 aliphatic carbocycles. The maximum Gasteiger partial charge on any atom is 0.235 e. The Hall–Kier alpha value is -1.60. The van der Waals surface area contributed by atoms with Crippen molar-refractivity contribution < 1.29 is 4.79 Å². The molecule has 78 valence electrons. The highest BCUT2D eigenvalue weighted by Crippen LogP contribution is 2.28. The molecule has 2 rings (SSSR count). The van der Waals surface area contributed by atoms with Gasteiger partial charge in [-0.3, -0.25) is 0 Å². The molecule has 1 heterocycles. The van der Waals surface area contributed by atoms with Gasteiger partial charge in [-0.1, -0.05) is 12.1 Å². The third kappa shape index (κ3) is 1.92. The van der Waals surface area contributed by atoms with Gasteiger partial charge in [-0.2, -0.15) is 0 Å². The minimum Gasteiger partial charge on any atom is -0.371 e. The lowest BCUT2D eigenvalue weighted by molar-refractivity contribution is 0.563. The highest BCUT2D eigenvalue weighted by molar-refractivity contribution is 5.59. The van der Waals surface area contributed by atoms with E-state index in [1.54, 1.807) is 6.08 Å². The minimum absolute atomic E-state index is 0.447. The molecule has 0 saturated carbocycles. The first-order valence-corrected chi connectivity index (χ1v) is 5.25. The Morgan fingerprint density at radius 2 is 2.40 bits per heavy atom. The molecule has 1 aromatic carbocycles. The first kappa shape index (κ1) is 9.94. The molecular formula is C12H14N2O. The summed E-state index contributed by atoms with van der Waals surface area (Å²) >= 11 is 0. The molecule has 0 fully saturated rings. The Morgan fingerprint density at radius 3 is 3.13 bits per heavy atom. The van der Waals surface area contributed by atoms with Crippen molar-refractivity contribution in [2.75, 3.05) is 18.0 Å². The number of nitrogens with zero attached hydrogens (tertiary/aromatic N) is 2. The number of isocyanates is 1. The molecule has 3 heteroatoms. The number of hydrogen-bond acceptors (Lipinski definition) is 3. The summed E-state index contributed by atoms with van der Waals surface area (Å²) in [6.45, 7) is 4.77. The zero-order valence-corrected chi connectivity index (χ0v) is 8.86. The van der Waals surface area contributed by atoms with Gasteiger partial charge in [0.05, 0.1) is 6.54 Å². The number of fused-ring (bicyclic) bond motifs is 1. The molecule has 0 atom stereocenters. The van der Waals surface area contributed by atoms with E-state index in [4.69, 9.17) is 0 Å². The molecule has 0 amide bonds. The smallest absolute Gasteiger partial charge is 0.235 e. The van der Waals surface area contributed by atoms with Crippen molar-refractivity contribution in [3.63, 3.8) is 0 Å². The summed E-state index contributed by atoms with van der Waals surface area (Å²) in [6, 6.07) is 6.31. The molecule has 15 heavy (non-hydrogen) atoms. The molecule has 1 aliphatic heterocycles. The van der Waals surface area contributed by atoms with E-state index in [1.165, 1.54) is 11.3 Å². The van der Waals surface area contributed by atoms with E-state index in [2.05, 4.69) is 28.9 Å². The minimum atomic E-state index is 0.447. The summed E-state index contributed by atoms with van der Waals surface area (Å²) in [5.74, 6) is 0. The number of carbonyl (C=O) groups excluding carboxylic acids is 1. The molecule has 3 nitrogen and oxygen atoms in total. The van der Waals surface area contributed by atoms with Gasteiger partial charge in [-0.15, -0.1) is 0 Å². The first-order chi connectivity index (χ1) is 7.35. The number of likely N-dealkylation sites (N-methyl/N-ethyl adjacent to an activating group) is 1. The lowest BCUT2D eigenvalue weighted by Gasteiger charge is -2.16. The lowest BCUT2D eigenvalue weighted by atomic mass is 10.1. The standard InChI is InChI=1S/C12H14N2O/c1-2-14-6-5-11-7-10(8-13-9-15)3-4-12(11)14/h3-4,7H,2,5-6,8H2,1H3. The van der Waals surface area contributed by atoms with Crippen molar-refractivity contribution in [3.05, 3.63) is 29.3 Å². The van der Waals surface area contributed by atoms with Crippen LogP contribution in [-0.4, -0.2) is 19.2 Å². The van der Waals surface area contributed by atoms with Gasteiger partial charge < -0.3 is 4.90 Å². The van der Waals surface area contributed by atoms with Crippen molar-refractivity contribution in [2.45, 2.75) is 19.9 Å². The van der Waals surface area contributed by atoms with E-state index in [0.29, 0.717) is 6.54 Å². The van der Waals surface area contributed by atoms with Crippen LogP contribution in [0.4, 0.5) is 5.69 Å². The van der Waals surface area contributed by atoms with Gasteiger partial charge in [0.15, 0.2) is 0 Å². The van der Waals surface area contributed by atoms with Crippen LogP contribution in [0.5, 0.6) is 0 Å². The maximum absolute atomic E-state index is 10.0. The predicted octanol–water partition coefficient (Wildman–Crippen LogP) is 1.90. The second-order valence-electron chi connectivity index (χ2n) is 3.70. The Kier molecular flexibility index (Phi) is 2.84. The van der Waals surface area contributed by atoms with Gasteiger partial charge in [-0.05, 0) is 30.5 Å². The summed E-state index contributed by atoms with van der Waals surface area (Å²) in [5, 5.41) is 0. The van der Waals surface area contributed by atoms with Gasteiger partial charge in [-0.25, -0.2) is 9.79 Å². The van der Waals surface area contributed by atoms with Gasteiger partial charge in [0.25, 0.3) is 0 Å². The SMILES string of the molecule is CCN1CCc2cc(CN=C=O)ccc21. The molecular weight excluding hydrogens is 188 g/mol. The number of benzene rings is 1. The lowest BCUT2D eigenvalue weighted by Crippen LogP contribution is -2.18. The van der Waals surface area contributed by atoms with E-state index in [9.17, 15) is 4.79 Å². The fourth-order valence-electron chi connectivity index (χ4n) is 2.07. The molecule has 0 aromatic heterocycles. The second-order valence-corrected chi connectivity index (χ2v) is 3.70. The zero-order valence-electron chi connectivity index (χ0n) is 8.86. The number of hydrogen-bond donors (Lipinski definition) is 0. The average molecular weight is 202 g/mol. The fourth-order valence-corrected chi connectivity index (χ4v) is 2.07. The molecule has 0 N–H and O–H groups in total. The van der Waals surface area contributed by atoms with E-state index in [0.717, 1.165) is 25.1 Å². The topological polar surface area (TPSA) is 32.7 Å². The molecule has 1 aliphatic rings. The monoisotopic (exact) mass is 202 g/mol. The van der Waals surface area contributed by atoms with Crippen molar-refractivity contribution in [1.29, 1.82) is 0 Å². The van der Waals surface area contributed by atoms with Crippen molar-refractivity contribution in [3.8, 4) is 0 Å². The van der Waals surface area contributed by atoms with Crippen molar-refractivity contribution in [2.24, 2.45) is 4.99 Å². The third-order valence-corrected chi connectivity index (χ3v) is 2.84. The molecule has 1 aromatic rings.